The number of aliphatic hydroxyl groups is 3. The number of phosphoric acid groups is 1. The van der Waals surface area contributed by atoms with Crippen LogP contribution in [0.5, 0.6) is 0 Å². The van der Waals surface area contributed by atoms with E-state index in [1.807, 2.05) is 12.2 Å². The second-order valence-corrected chi connectivity index (χ2v) is 17.9. The standard InChI is InChI=1S/C50H87O11P/c1-4-5-6-7-8-9-10-15-19-22-25-28-32-37-46(52)38-33-30-35-40-50(55)61-48(44-60-62(56,57)59-42-47(53)41-51)43-58-49(54)39-34-29-26-23-20-17-14-12-11-13-16-18-21-24-27-31-36-45(2)3/h5-6,8-9,15,19,25,28,30,32-33,37,45-48,51-53H,4,7,10-14,16-18,20-24,26-27,29,31,34-36,38-44H2,1-3H3,(H,56,57)/b6-5-,9-8-,19-15-,28-25-,33-30-,37-32-/t46?,47-,48+/m0/s1. The average molecular weight is 895 g/mol. The van der Waals surface area contributed by atoms with Gasteiger partial charge in [-0.1, -0.05) is 196 Å². The molecule has 0 fully saturated rings. The molecule has 0 aromatic carbocycles. The van der Waals surface area contributed by atoms with Crippen LogP contribution in [0.1, 0.15) is 181 Å². The van der Waals surface area contributed by atoms with E-state index in [9.17, 15) is 29.3 Å². The van der Waals surface area contributed by atoms with Gasteiger partial charge in [0, 0.05) is 12.8 Å². The summed E-state index contributed by atoms with van der Waals surface area (Å²) >= 11 is 0. The number of carbonyl (C=O) groups is 2. The summed E-state index contributed by atoms with van der Waals surface area (Å²) in [5, 5.41) is 28.6. The highest BCUT2D eigenvalue weighted by atomic mass is 31.2. The first kappa shape index (κ1) is 59.4. The molecule has 0 heterocycles. The number of allylic oxidation sites excluding steroid dienone is 10. The first-order chi connectivity index (χ1) is 30.0. The summed E-state index contributed by atoms with van der Waals surface area (Å²) in [5.41, 5.74) is 0. The molecule has 4 atom stereocenters. The lowest BCUT2D eigenvalue weighted by molar-refractivity contribution is -0.161. The summed E-state index contributed by atoms with van der Waals surface area (Å²) in [6, 6.07) is 0. The predicted molar refractivity (Wildman–Crippen MR) is 252 cm³/mol. The number of hydrogen-bond acceptors (Lipinski definition) is 10. The smallest absolute Gasteiger partial charge is 0.462 e. The molecule has 12 heteroatoms. The summed E-state index contributed by atoms with van der Waals surface area (Å²) in [6.45, 7) is 4.42. The van der Waals surface area contributed by atoms with Gasteiger partial charge < -0.3 is 29.7 Å². The zero-order valence-corrected chi connectivity index (χ0v) is 39.7. The van der Waals surface area contributed by atoms with Crippen molar-refractivity contribution in [3.63, 3.8) is 0 Å². The maximum absolute atomic E-state index is 12.6. The zero-order chi connectivity index (χ0) is 45.8. The lowest BCUT2D eigenvalue weighted by atomic mass is 10.0. The van der Waals surface area contributed by atoms with E-state index in [0.717, 1.165) is 50.9 Å². The van der Waals surface area contributed by atoms with Crippen molar-refractivity contribution in [2.75, 3.05) is 26.4 Å². The Morgan fingerprint density at radius 1 is 0.597 bits per heavy atom. The summed E-state index contributed by atoms with van der Waals surface area (Å²) < 4.78 is 32.6. The second kappa shape index (κ2) is 43.6. The Bertz CT molecular complexity index is 1290. The van der Waals surface area contributed by atoms with Gasteiger partial charge in [0.15, 0.2) is 6.10 Å². The molecule has 0 aliphatic heterocycles. The topological polar surface area (TPSA) is 169 Å². The van der Waals surface area contributed by atoms with Crippen molar-refractivity contribution in [2.24, 2.45) is 5.92 Å². The third kappa shape index (κ3) is 44.0. The number of hydrogen-bond donors (Lipinski definition) is 4. The van der Waals surface area contributed by atoms with Gasteiger partial charge in [-0.2, -0.15) is 0 Å². The number of phosphoric ester groups is 1. The van der Waals surface area contributed by atoms with Gasteiger partial charge in [-0.15, -0.1) is 0 Å². The molecular formula is C50H87O11P. The fourth-order valence-electron chi connectivity index (χ4n) is 6.23. The third-order valence-electron chi connectivity index (χ3n) is 9.90. The van der Waals surface area contributed by atoms with Crippen LogP contribution in [-0.2, 0) is 32.7 Å². The highest BCUT2D eigenvalue weighted by Gasteiger charge is 2.27. The van der Waals surface area contributed by atoms with Crippen molar-refractivity contribution < 1.29 is 52.9 Å². The Hall–Kier alpha value is -2.63. The predicted octanol–water partition coefficient (Wildman–Crippen LogP) is 12.1. The van der Waals surface area contributed by atoms with Gasteiger partial charge in [-0.3, -0.25) is 18.6 Å². The highest BCUT2D eigenvalue weighted by Crippen LogP contribution is 2.43. The third-order valence-corrected chi connectivity index (χ3v) is 10.8. The Morgan fingerprint density at radius 3 is 1.66 bits per heavy atom. The van der Waals surface area contributed by atoms with Crippen LogP contribution < -0.4 is 0 Å². The minimum absolute atomic E-state index is 0.0241. The Balaban J connectivity index is 4.43. The van der Waals surface area contributed by atoms with Crippen molar-refractivity contribution in [1.29, 1.82) is 0 Å². The quantitative estimate of drug-likeness (QED) is 0.0151. The number of unbranched alkanes of at least 4 members (excludes halogenated alkanes) is 15. The van der Waals surface area contributed by atoms with E-state index in [1.54, 1.807) is 24.3 Å². The van der Waals surface area contributed by atoms with E-state index in [-0.39, 0.29) is 19.4 Å². The van der Waals surface area contributed by atoms with Gasteiger partial charge in [0.1, 0.15) is 12.7 Å². The molecule has 0 aliphatic rings. The van der Waals surface area contributed by atoms with E-state index >= 15 is 0 Å². The highest BCUT2D eigenvalue weighted by molar-refractivity contribution is 7.47. The summed E-state index contributed by atoms with van der Waals surface area (Å²) in [5.74, 6) is -0.279. The summed E-state index contributed by atoms with van der Waals surface area (Å²) in [4.78, 5) is 35.1. The maximum atomic E-state index is 12.6. The van der Waals surface area contributed by atoms with Crippen LogP contribution in [-0.4, -0.2) is 76.9 Å². The fraction of sp³-hybridized carbons (Fsp3) is 0.720. The molecule has 0 radical (unpaired) electrons. The molecule has 0 amide bonds. The van der Waals surface area contributed by atoms with E-state index in [2.05, 4.69) is 61.8 Å². The van der Waals surface area contributed by atoms with Gasteiger partial charge in [0.05, 0.1) is 25.9 Å². The van der Waals surface area contributed by atoms with Crippen molar-refractivity contribution in [3.8, 4) is 0 Å². The number of carbonyl (C=O) groups excluding carboxylic acids is 2. The lowest BCUT2D eigenvalue weighted by Gasteiger charge is -2.20. The molecule has 62 heavy (non-hydrogen) atoms. The van der Waals surface area contributed by atoms with Crippen LogP contribution in [0.2, 0.25) is 0 Å². The van der Waals surface area contributed by atoms with Gasteiger partial charge in [0.25, 0.3) is 0 Å². The van der Waals surface area contributed by atoms with Crippen molar-refractivity contribution in [3.05, 3.63) is 72.9 Å². The SMILES string of the molecule is CC/C=C\C/C=C\C/C=C\C/C=C\C=C/C(O)C/C=C\CCC(=O)O[C@H](COC(=O)CCCCCCCCCCCCCCCCCCC(C)C)COP(=O)(O)OC[C@@H](O)CO. The average Bonchev–Trinajstić information content (AvgIpc) is 3.24. The van der Waals surface area contributed by atoms with Crippen molar-refractivity contribution in [2.45, 2.75) is 200 Å². The minimum atomic E-state index is -4.67. The van der Waals surface area contributed by atoms with Crippen LogP contribution in [0.3, 0.4) is 0 Å². The first-order valence-electron chi connectivity index (χ1n) is 23.9. The van der Waals surface area contributed by atoms with Crippen LogP contribution in [0, 0.1) is 5.92 Å². The normalized spacial score (nSPS) is 15.0. The number of ether oxygens (including phenoxy) is 2. The second-order valence-electron chi connectivity index (χ2n) is 16.4. The minimum Gasteiger partial charge on any atom is -0.462 e. The Labute approximate surface area is 376 Å². The molecular weight excluding hydrogens is 808 g/mol. The lowest BCUT2D eigenvalue weighted by Crippen LogP contribution is -2.29. The maximum Gasteiger partial charge on any atom is 0.472 e. The molecule has 0 saturated carbocycles. The molecule has 358 valence electrons. The molecule has 4 N–H and O–H groups in total. The van der Waals surface area contributed by atoms with Gasteiger partial charge in [-0.25, -0.2) is 4.57 Å². The summed E-state index contributed by atoms with van der Waals surface area (Å²) in [7, 11) is -4.67. The monoisotopic (exact) mass is 895 g/mol. The van der Waals surface area contributed by atoms with E-state index in [1.165, 1.54) is 83.5 Å². The first-order valence-corrected chi connectivity index (χ1v) is 25.4. The molecule has 0 aromatic heterocycles. The fourth-order valence-corrected chi connectivity index (χ4v) is 7.02. The summed E-state index contributed by atoms with van der Waals surface area (Å²) in [6.07, 6.45) is 46.2. The Kier molecular flexibility index (Phi) is 41.8. The van der Waals surface area contributed by atoms with E-state index < -0.39 is 57.9 Å². The van der Waals surface area contributed by atoms with Gasteiger partial charge >= 0.3 is 19.8 Å². The van der Waals surface area contributed by atoms with Crippen LogP contribution in [0.15, 0.2) is 72.9 Å². The molecule has 0 aliphatic carbocycles. The molecule has 0 bridgehead atoms. The molecule has 0 spiro atoms. The number of rotatable bonds is 43. The molecule has 0 aromatic rings. The molecule has 0 saturated heterocycles. The molecule has 2 unspecified atom stereocenters. The van der Waals surface area contributed by atoms with Gasteiger partial charge in [-0.05, 0) is 50.9 Å². The van der Waals surface area contributed by atoms with Crippen LogP contribution in [0.25, 0.3) is 0 Å². The number of esters is 2. The van der Waals surface area contributed by atoms with Gasteiger partial charge in [0.2, 0.25) is 0 Å². The van der Waals surface area contributed by atoms with Crippen molar-refractivity contribution in [1.82, 2.24) is 0 Å². The number of aliphatic hydroxyl groups excluding tert-OH is 3. The zero-order valence-electron chi connectivity index (χ0n) is 38.8. The Morgan fingerprint density at radius 2 is 1.11 bits per heavy atom. The molecule has 11 nitrogen and oxygen atoms in total. The largest absolute Gasteiger partial charge is 0.472 e. The van der Waals surface area contributed by atoms with Crippen LogP contribution >= 0.6 is 7.82 Å². The molecule has 0 rings (SSSR count). The van der Waals surface area contributed by atoms with Crippen LogP contribution in [0.4, 0.5) is 0 Å². The van der Waals surface area contributed by atoms with Crippen molar-refractivity contribution >= 4 is 19.8 Å². The van der Waals surface area contributed by atoms with E-state index in [0.29, 0.717) is 19.3 Å². The van der Waals surface area contributed by atoms with E-state index in [4.69, 9.17) is 19.1 Å².